The van der Waals surface area contributed by atoms with E-state index in [0.29, 0.717) is 6.04 Å². The highest BCUT2D eigenvalue weighted by Crippen LogP contribution is 2.33. The number of aryl methyl sites for hydroxylation is 1. The fourth-order valence-electron chi connectivity index (χ4n) is 2.27. The van der Waals surface area contributed by atoms with Crippen LogP contribution in [0.3, 0.4) is 0 Å². The SMILES string of the molecule is CCNC(CC)c1ccc(-c2cc(C)cc(F)c2)s1. The van der Waals surface area contributed by atoms with Gasteiger partial charge in [-0.3, -0.25) is 0 Å². The zero-order valence-corrected chi connectivity index (χ0v) is 12.5. The molecule has 0 spiro atoms. The Bertz CT molecular complexity index is 527. The number of halogens is 1. The van der Waals surface area contributed by atoms with Crippen molar-refractivity contribution in [2.24, 2.45) is 0 Å². The van der Waals surface area contributed by atoms with E-state index in [1.54, 1.807) is 23.5 Å². The third kappa shape index (κ3) is 3.43. The lowest BCUT2D eigenvalue weighted by atomic mass is 10.1. The maximum atomic E-state index is 13.5. The monoisotopic (exact) mass is 277 g/mol. The highest BCUT2D eigenvalue weighted by Gasteiger charge is 2.12. The van der Waals surface area contributed by atoms with Gasteiger partial charge in [0.15, 0.2) is 0 Å². The van der Waals surface area contributed by atoms with Crippen molar-refractivity contribution in [1.82, 2.24) is 5.32 Å². The maximum Gasteiger partial charge on any atom is 0.124 e. The van der Waals surface area contributed by atoms with Crippen molar-refractivity contribution in [1.29, 1.82) is 0 Å². The molecule has 2 rings (SSSR count). The smallest absolute Gasteiger partial charge is 0.124 e. The van der Waals surface area contributed by atoms with Crippen LogP contribution in [0.1, 0.15) is 36.8 Å². The molecule has 3 heteroatoms. The van der Waals surface area contributed by atoms with Gasteiger partial charge in [0.25, 0.3) is 0 Å². The van der Waals surface area contributed by atoms with E-state index >= 15 is 0 Å². The third-order valence-corrected chi connectivity index (χ3v) is 4.40. The van der Waals surface area contributed by atoms with Crippen LogP contribution in [0.2, 0.25) is 0 Å². The van der Waals surface area contributed by atoms with Crippen LogP contribution in [0.4, 0.5) is 4.39 Å². The largest absolute Gasteiger partial charge is 0.310 e. The van der Waals surface area contributed by atoms with Crippen LogP contribution < -0.4 is 5.32 Å². The zero-order chi connectivity index (χ0) is 13.8. The summed E-state index contributed by atoms with van der Waals surface area (Å²) in [5.41, 5.74) is 1.93. The molecule has 0 fully saturated rings. The molecular weight excluding hydrogens is 257 g/mol. The van der Waals surface area contributed by atoms with Gasteiger partial charge in [-0.2, -0.15) is 0 Å². The van der Waals surface area contributed by atoms with Crippen LogP contribution in [0.25, 0.3) is 10.4 Å². The van der Waals surface area contributed by atoms with Crippen LogP contribution >= 0.6 is 11.3 Å². The molecule has 1 N–H and O–H groups in total. The van der Waals surface area contributed by atoms with Crippen molar-refractivity contribution < 1.29 is 4.39 Å². The minimum Gasteiger partial charge on any atom is -0.310 e. The average molecular weight is 277 g/mol. The topological polar surface area (TPSA) is 12.0 Å². The molecule has 19 heavy (non-hydrogen) atoms. The molecule has 0 saturated carbocycles. The van der Waals surface area contributed by atoms with Gasteiger partial charge >= 0.3 is 0 Å². The minimum atomic E-state index is -0.163. The summed E-state index contributed by atoms with van der Waals surface area (Å²) in [7, 11) is 0. The van der Waals surface area contributed by atoms with Gasteiger partial charge < -0.3 is 5.32 Å². The summed E-state index contributed by atoms with van der Waals surface area (Å²) in [6.07, 6.45) is 1.07. The predicted octanol–water partition coefficient (Wildman–Crippen LogP) is 4.92. The first-order chi connectivity index (χ1) is 9.13. The molecular formula is C16H20FNS. The van der Waals surface area contributed by atoms with Crippen LogP contribution in [0.5, 0.6) is 0 Å². The second kappa shape index (κ2) is 6.31. The number of rotatable bonds is 5. The lowest BCUT2D eigenvalue weighted by molar-refractivity contribution is 0.545. The van der Waals surface area contributed by atoms with Crippen molar-refractivity contribution >= 4 is 11.3 Å². The molecule has 1 atom stereocenters. The molecule has 0 saturated heterocycles. The number of nitrogens with one attached hydrogen (secondary N) is 1. The molecule has 1 nitrogen and oxygen atoms in total. The molecule has 0 amide bonds. The maximum absolute atomic E-state index is 13.5. The number of benzene rings is 1. The van der Waals surface area contributed by atoms with Gasteiger partial charge in [-0.1, -0.05) is 19.9 Å². The van der Waals surface area contributed by atoms with E-state index in [0.717, 1.165) is 29.0 Å². The van der Waals surface area contributed by atoms with Crippen molar-refractivity contribution in [3.8, 4) is 10.4 Å². The van der Waals surface area contributed by atoms with Crippen LogP contribution in [-0.2, 0) is 0 Å². The van der Waals surface area contributed by atoms with E-state index in [4.69, 9.17) is 0 Å². The van der Waals surface area contributed by atoms with Crippen molar-refractivity contribution in [3.05, 3.63) is 46.6 Å². The fourth-order valence-corrected chi connectivity index (χ4v) is 3.42. The highest BCUT2D eigenvalue weighted by molar-refractivity contribution is 7.15. The first-order valence-electron chi connectivity index (χ1n) is 6.74. The number of thiophene rings is 1. The molecule has 0 aliphatic carbocycles. The molecule has 0 bridgehead atoms. The van der Waals surface area contributed by atoms with Gasteiger partial charge in [0.1, 0.15) is 5.82 Å². The molecule has 1 aromatic heterocycles. The molecule has 1 heterocycles. The summed E-state index contributed by atoms with van der Waals surface area (Å²) >= 11 is 1.75. The van der Waals surface area contributed by atoms with Crippen LogP contribution in [0, 0.1) is 12.7 Å². The molecule has 0 aliphatic heterocycles. The van der Waals surface area contributed by atoms with Gasteiger partial charge in [-0.15, -0.1) is 11.3 Å². The Balaban J connectivity index is 2.29. The number of hydrogen-bond acceptors (Lipinski definition) is 2. The first kappa shape index (κ1) is 14.2. The Hall–Kier alpha value is -1.19. The second-order valence-electron chi connectivity index (χ2n) is 4.74. The quantitative estimate of drug-likeness (QED) is 0.817. The summed E-state index contributed by atoms with van der Waals surface area (Å²) in [5, 5.41) is 3.47. The second-order valence-corrected chi connectivity index (χ2v) is 5.85. The summed E-state index contributed by atoms with van der Waals surface area (Å²) in [5.74, 6) is -0.163. The predicted molar refractivity (Wildman–Crippen MR) is 81.2 cm³/mol. The van der Waals surface area contributed by atoms with E-state index in [9.17, 15) is 4.39 Å². The van der Waals surface area contributed by atoms with Gasteiger partial charge in [0.05, 0.1) is 0 Å². The van der Waals surface area contributed by atoms with Crippen molar-refractivity contribution in [2.75, 3.05) is 6.54 Å². The average Bonchev–Trinajstić information content (AvgIpc) is 2.84. The minimum absolute atomic E-state index is 0.163. The van der Waals surface area contributed by atoms with Gasteiger partial charge in [-0.25, -0.2) is 4.39 Å². The number of hydrogen-bond donors (Lipinski definition) is 1. The van der Waals surface area contributed by atoms with Gasteiger partial charge in [0.2, 0.25) is 0 Å². The first-order valence-corrected chi connectivity index (χ1v) is 7.56. The van der Waals surface area contributed by atoms with E-state index in [-0.39, 0.29) is 5.82 Å². The Morgan fingerprint density at radius 3 is 2.63 bits per heavy atom. The molecule has 2 aromatic rings. The molecule has 102 valence electrons. The summed E-state index contributed by atoms with van der Waals surface area (Å²) in [4.78, 5) is 2.45. The standard InChI is InChI=1S/C16H20FNS/c1-4-14(18-5-2)16-7-6-15(19-16)12-8-11(3)9-13(17)10-12/h6-10,14,18H,4-5H2,1-3H3. The Morgan fingerprint density at radius 2 is 2.00 bits per heavy atom. The van der Waals surface area contributed by atoms with Gasteiger partial charge in [0, 0.05) is 15.8 Å². The van der Waals surface area contributed by atoms with E-state index in [2.05, 4.69) is 31.3 Å². The third-order valence-electron chi connectivity index (χ3n) is 3.16. The highest BCUT2D eigenvalue weighted by atomic mass is 32.1. The van der Waals surface area contributed by atoms with Crippen molar-refractivity contribution in [2.45, 2.75) is 33.2 Å². The van der Waals surface area contributed by atoms with E-state index in [1.165, 1.54) is 4.88 Å². The van der Waals surface area contributed by atoms with Crippen LogP contribution in [-0.4, -0.2) is 6.54 Å². The van der Waals surface area contributed by atoms with E-state index < -0.39 is 0 Å². The summed E-state index contributed by atoms with van der Waals surface area (Å²) < 4.78 is 13.5. The fraction of sp³-hybridized carbons (Fsp3) is 0.375. The van der Waals surface area contributed by atoms with E-state index in [1.807, 2.05) is 13.0 Å². The summed E-state index contributed by atoms with van der Waals surface area (Å²) in [6.45, 7) is 7.19. The normalized spacial score (nSPS) is 12.6. The lowest BCUT2D eigenvalue weighted by Gasteiger charge is -2.13. The van der Waals surface area contributed by atoms with Crippen molar-refractivity contribution in [3.63, 3.8) is 0 Å². The molecule has 1 unspecified atom stereocenters. The zero-order valence-electron chi connectivity index (χ0n) is 11.7. The van der Waals surface area contributed by atoms with Crippen LogP contribution in [0.15, 0.2) is 30.3 Å². The Morgan fingerprint density at radius 1 is 1.21 bits per heavy atom. The molecule has 0 aliphatic rings. The lowest BCUT2D eigenvalue weighted by Crippen LogP contribution is -2.18. The molecule has 1 aromatic carbocycles. The molecule has 0 radical (unpaired) electrons. The Labute approximate surface area is 118 Å². The Kier molecular flexibility index (Phi) is 4.72. The summed E-state index contributed by atoms with van der Waals surface area (Å²) in [6, 6.07) is 9.85. The van der Waals surface area contributed by atoms with Gasteiger partial charge in [-0.05, 0) is 55.3 Å².